The second-order valence-corrected chi connectivity index (χ2v) is 11.4. The number of ether oxygens (including phenoxy) is 2. The van der Waals surface area contributed by atoms with Crippen LogP contribution in [0.1, 0.15) is 11.1 Å². The molecule has 0 N–H and O–H groups in total. The van der Waals surface area contributed by atoms with Gasteiger partial charge in [-0.15, -0.1) is 0 Å². The Hall–Kier alpha value is -4.14. The summed E-state index contributed by atoms with van der Waals surface area (Å²) in [5.74, 6) is 1.31. The van der Waals surface area contributed by atoms with Gasteiger partial charge in [-0.3, -0.25) is 9.69 Å². The van der Waals surface area contributed by atoms with Crippen LogP contribution in [0.25, 0.3) is 6.08 Å². The molecule has 1 saturated heterocycles. The van der Waals surface area contributed by atoms with E-state index in [-0.39, 0.29) is 12.7 Å². The number of fused-ring (bicyclic) bond motifs is 1. The lowest BCUT2D eigenvalue weighted by Gasteiger charge is -2.38. The smallest absolute Gasteiger partial charge is 0.268 e. The first-order valence-electron chi connectivity index (χ1n) is 12.1. The molecule has 7 rings (SSSR count). The number of hydrogen-bond donors (Lipinski definition) is 0. The van der Waals surface area contributed by atoms with Crippen molar-refractivity contribution < 1.29 is 14.3 Å². The largest absolute Gasteiger partial charge is 0.454 e. The lowest BCUT2D eigenvalue weighted by Crippen LogP contribution is -2.51. The summed E-state index contributed by atoms with van der Waals surface area (Å²) in [4.78, 5) is 16.7. The molecular formula is C30H21N3O3S2. The van der Waals surface area contributed by atoms with Crippen molar-refractivity contribution in [1.82, 2.24) is 0 Å². The number of benzene rings is 4. The average molecular weight is 536 g/mol. The molecule has 4 aromatic carbocycles. The molecular weight excluding hydrogens is 514 g/mol. The molecule has 1 fully saturated rings. The van der Waals surface area contributed by atoms with Crippen LogP contribution >= 0.6 is 23.5 Å². The molecule has 6 nitrogen and oxygen atoms in total. The number of carbonyl (C=O) groups is 1. The zero-order valence-corrected chi connectivity index (χ0v) is 21.7. The van der Waals surface area contributed by atoms with Crippen molar-refractivity contribution in [3.8, 4) is 11.5 Å². The second-order valence-electron chi connectivity index (χ2n) is 8.77. The maximum Gasteiger partial charge on any atom is 0.268 e. The minimum atomic E-state index is -0.896. The van der Waals surface area contributed by atoms with Crippen molar-refractivity contribution >= 4 is 51.9 Å². The SMILES string of the molecule is O=C1C(=Cc2ccc3c(c2)OCO3)SC2(SC(c3ccccc3)=NN2c2ccccc2)N1c1ccccc1. The van der Waals surface area contributed by atoms with Gasteiger partial charge < -0.3 is 9.47 Å². The van der Waals surface area contributed by atoms with E-state index in [0.29, 0.717) is 16.4 Å². The molecule has 0 aliphatic carbocycles. The van der Waals surface area contributed by atoms with Gasteiger partial charge >= 0.3 is 0 Å². The third kappa shape index (κ3) is 3.84. The number of hydrogen-bond acceptors (Lipinski definition) is 7. The minimum Gasteiger partial charge on any atom is -0.454 e. The molecule has 38 heavy (non-hydrogen) atoms. The van der Waals surface area contributed by atoms with E-state index in [2.05, 4.69) is 0 Å². The number of anilines is 2. The molecule has 0 radical (unpaired) electrons. The Bertz CT molecular complexity index is 1580. The van der Waals surface area contributed by atoms with Crippen LogP contribution in [0.2, 0.25) is 0 Å². The van der Waals surface area contributed by atoms with E-state index in [1.54, 1.807) is 11.8 Å². The van der Waals surface area contributed by atoms with Crippen LogP contribution in [0.5, 0.6) is 11.5 Å². The summed E-state index contributed by atoms with van der Waals surface area (Å²) in [6.07, 6.45) is 1.92. The molecule has 0 aromatic heterocycles. The fraction of sp³-hybridized carbons (Fsp3) is 0.0667. The minimum absolute atomic E-state index is 0.0863. The predicted molar refractivity (Wildman–Crippen MR) is 154 cm³/mol. The molecule has 1 spiro atoms. The van der Waals surface area contributed by atoms with Gasteiger partial charge in [0.1, 0.15) is 5.04 Å². The highest BCUT2D eigenvalue weighted by molar-refractivity contribution is 8.28. The first-order valence-corrected chi connectivity index (χ1v) is 13.7. The first kappa shape index (κ1) is 23.0. The highest BCUT2D eigenvalue weighted by atomic mass is 32.2. The van der Waals surface area contributed by atoms with Crippen LogP contribution < -0.4 is 19.4 Å². The van der Waals surface area contributed by atoms with Crippen molar-refractivity contribution in [2.24, 2.45) is 5.10 Å². The molecule has 3 heterocycles. The topological polar surface area (TPSA) is 54.4 Å². The number of hydrazone groups is 1. The molecule has 0 saturated carbocycles. The van der Waals surface area contributed by atoms with Crippen LogP contribution in [0, 0.1) is 0 Å². The van der Waals surface area contributed by atoms with Crippen LogP contribution in [-0.4, -0.2) is 22.1 Å². The molecule has 186 valence electrons. The highest BCUT2D eigenvalue weighted by Crippen LogP contribution is 2.59. The Morgan fingerprint density at radius 2 is 1.42 bits per heavy atom. The summed E-state index contributed by atoms with van der Waals surface area (Å²) in [7, 11) is 0. The van der Waals surface area contributed by atoms with Gasteiger partial charge in [-0.1, -0.05) is 84.6 Å². The van der Waals surface area contributed by atoms with Gasteiger partial charge in [0.2, 0.25) is 11.1 Å². The molecule has 1 amide bonds. The Balaban J connectivity index is 1.38. The van der Waals surface area contributed by atoms with Crippen LogP contribution in [-0.2, 0) is 4.79 Å². The highest BCUT2D eigenvalue weighted by Gasteiger charge is 2.59. The van der Waals surface area contributed by atoms with Gasteiger partial charge in [-0.25, -0.2) is 5.01 Å². The fourth-order valence-corrected chi connectivity index (χ4v) is 7.60. The van der Waals surface area contributed by atoms with Gasteiger partial charge in [0.25, 0.3) is 5.91 Å². The number of rotatable bonds is 4. The Morgan fingerprint density at radius 3 is 2.16 bits per heavy atom. The van der Waals surface area contributed by atoms with Gasteiger partial charge in [-0.05, 0) is 59.8 Å². The lowest BCUT2D eigenvalue weighted by atomic mass is 10.2. The Morgan fingerprint density at radius 1 is 0.763 bits per heavy atom. The van der Waals surface area contributed by atoms with E-state index in [4.69, 9.17) is 14.6 Å². The number of amides is 1. The normalized spacial score (nSPS) is 21.0. The van der Waals surface area contributed by atoms with E-state index in [9.17, 15) is 4.79 Å². The van der Waals surface area contributed by atoms with Crippen molar-refractivity contribution in [1.29, 1.82) is 0 Å². The van der Waals surface area contributed by atoms with Gasteiger partial charge in [0.05, 0.1) is 10.6 Å². The Labute approximate surface area is 228 Å². The molecule has 3 aliphatic heterocycles. The molecule has 4 aromatic rings. The maximum atomic E-state index is 14.2. The molecule has 1 unspecified atom stereocenters. The maximum absolute atomic E-state index is 14.2. The van der Waals surface area contributed by atoms with Gasteiger partial charge in [0.15, 0.2) is 11.5 Å². The monoisotopic (exact) mass is 535 g/mol. The quantitative estimate of drug-likeness (QED) is 0.269. The molecule has 1 atom stereocenters. The number of carbonyl (C=O) groups excluding carboxylic acids is 1. The standard InChI is InChI=1S/C30H21N3O3S2/c34-29-27(19-21-16-17-25-26(18-21)36-20-35-25)37-30(32(29)23-12-6-2-7-13-23)33(24-14-8-3-9-15-24)31-28(38-30)22-10-4-1-5-11-22/h1-19H,20H2. The van der Waals surface area contributed by atoms with Crippen LogP contribution in [0.4, 0.5) is 11.4 Å². The molecule has 3 aliphatic rings. The van der Waals surface area contributed by atoms with Crippen LogP contribution in [0.15, 0.2) is 119 Å². The van der Waals surface area contributed by atoms with Crippen molar-refractivity contribution in [2.45, 2.75) is 4.33 Å². The third-order valence-corrected chi connectivity index (χ3v) is 9.12. The van der Waals surface area contributed by atoms with Crippen molar-refractivity contribution in [3.05, 3.63) is 125 Å². The van der Waals surface area contributed by atoms with Crippen LogP contribution in [0.3, 0.4) is 0 Å². The number of thioether (sulfide) groups is 2. The number of para-hydroxylation sites is 2. The summed E-state index contributed by atoms with van der Waals surface area (Å²) < 4.78 is 10.1. The van der Waals surface area contributed by atoms with E-state index in [1.165, 1.54) is 11.8 Å². The van der Waals surface area contributed by atoms with Gasteiger partial charge in [0, 0.05) is 11.3 Å². The predicted octanol–water partition coefficient (Wildman–Crippen LogP) is 6.76. The van der Waals surface area contributed by atoms with E-state index in [1.807, 2.05) is 125 Å². The van der Waals surface area contributed by atoms with E-state index < -0.39 is 4.33 Å². The second kappa shape index (κ2) is 9.31. The molecule has 0 bridgehead atoms. The van der Waals surface area contributed by atoms with E-state index in [0.717, 1.165) is 27.5 Å². The molecule has 8 heteroatoms. The van der Waals surface area contributed by atoms with Crippen molar-refractivity contribution in [3.63, 3.8) is 0 Å². The first-order chi connectivity index (χ1) is 18.7. The fourth-order valence-electron chi connectivity index (χ4n) is 4.61. The number of nitrogens with zero attached hydrogens (tertiary/aromatic N) is 3. The summed E-state index contributed by atoms with van der Waals surface area (Å²) in [6, 6.07) is 35.6. The average Bonchev–Trinajstić information content (AvgIpc) is 3.66. The zero-order valence-electron chi connectivity index (χ0n) is 20.1. The summed E-state index contributed by atoms with van der Waals surface area (Å²) in [6.45, 7) is 0.205. The summed E-state index contributed by atoms with van der Waals surface area (Å²) in [5, 5.41) is 7.91. The van der Waals surface area contributed by atoms with Crippen molar-refractivity contribution in [2.75, 3.05) is 16.7 Å². The summed E-state index contributed by atoms with van der Waals surface area (Å²) in [5.41, 5.74) is 3.58. The van der Waals surface area contributed by atoms with Gasteiger partial charge in [-0.2, -0.15) is 5.10 Å². The Kier molecular flexibility index (Phi) is 5.64. The zero-order chi connectivity index (χ0) is 25.5. The van der Waals surface area contributed by atoms with E-state index >= 15 is 0 Å². The summed E-state index contributed by atoms with van der Waals surface area (Å²) >= 11 is 3.08. The lowest BCUT2D eigenvalue weighted by molar-refractivity contribution is -0.114. The third-order valence-electron chi connectivity index (χ3n) is 6.36.